The van der Waals surface area contributed by atoms with Crippen LogP contribution in [0.2, 0.25) is 0 Å². The molecular weight excluding hydrogens is 310 g/mol. The first-order valence-corrected chi connectivity index (χ1v) is 7.96. The van der Waals surface area contributed by atoms with Gasteiger partial charge < -0.3 is 0 Å². The number of aromatic nitrogens is 4. The minimum atomic E-state index is -0.399. The molecule has 0 atom stereocenters. The smallest absolute Gasteiger partial charge is 0.145 e. The summed E-state index contributed by atoms with van der Waals surface area (Å²) in [6.45, 7) is 3.70. The van der Waals surface area contributed by atoms with Gasteiger partial charge in [-0.1, -0.05) is 6.92 Å². The second-order valence-electron chi connectivity index (χ2n) is 5.96. The molecule has 2 aromatic heterocycles. The Balaban J connectivity index is 1.93. The molecule has 3 aromatic rings. The van der Waals surface area contributed by atoms with E-state index in [4.69, 9.17) is 0 Å². The quantitative estimate of drug-likeness (QED) is 0.723. The first-order chi connectivity index (χ1) is 11.6. The second kappa shape index (κ2) is 5.47. The molecule has 1 aliphatic rings. The summed E-state index contributed by atoms with van der Waals surface area (Å²) in [7, 11) is 0. The molecule has 24 heavy (non-hydrogen) atoms. The van der Waals surface area contributed by atoms with Crippen LogP contribution < -0.4 is 0 Å². The molecule has 4 rings (SSSR count). The Morgan fingerprint density at radius 2 is 1.88 bits per heavy atom. The van der Waals surface area contributed by atoms with Gasteiger partial charge in [0.2, 0.25) is 0 Å². The molecule has 4 nitrogen and oxygen atoms in total. The fourth-order valence-corrected chi connectivity index (χ4v) is 3.40. The van der Waals surface area contributed by atoms with Crippen molar-refractivity contribution in [2.75, 3.05) is 0 Å². The highest BCUT2D eigenvalue weighted by atomic mass is 19.1. The minimum Gasteiger partial charge on any atom is -0.283 e. The van der Waals surface area contributed by atoms with Gasteiger partial charge in [0, 0.05) is 23.7 Å². The molecule has 0 unspecified atom stereocenters. The zero-order valence-electron chi connectivity index (χ0n) is 13.5. The van der Waals surface area contributed by atoms with E-state index >= 15 is 0 Å². The summed E-state index contributed by atoms with van der Waals surface area (Å²) in [6.07, 6.45) is 4.69. The van der Waals surface area contributed by atoms with Gasteiger partial charge in [0.05, 0.1) is 11.9 Å². The first-order valence-electron chi connectivity index (χ1n) is 7.96. The van der Waals surface area contributed by atoms with Crippen molar-refractivity contribution in [1.29, 1.82) is 0 Å². The third kappa shape index (κ3) is 2.13. The molecule has 0 amide bonds. The van der Waals surface area contributed by atoms with Crippen LogP contribution in [0.15, 0.2) is 24.5 Å². The number of nitrogens with zero attached hydrogens (tertiary/aromatic N) is 4. The zero-order chi connectivity index (χ0) is 16.8. The Labute approximate surface area is 138 Å². The van der Waals surface area contributed by atoms with Crippen molar-refractivity contribution in [2.45, 2.75) is 33.1 Å². The van der Waals surface area contributed by atoms with Crippen LogP contribution in [0.4, 0.5) is 8.78 Å². The van der Waals surface area contributed by atoms with E-state index in [-0.39, 0.29) is 0 Å². The summed E-state index contributed by atoms with van der Waals surface area (Å²) < 4.78 is 30.7. The van der Waals surface area contributed by atoms with Crippen molar-refractivity contribution in [1.82, 2.24) is 19.7 Å². The maximum atomic E-state index is 14.8. The third-order valence-corrected chi connectivity index (χ3v) is 4.57. The van der Waals surface area contributed by atoms with Crippen molar-refractivity contribution in [2.24, 2.45) is 0 Å². The highest BCUT2D eigenvalue weighted by Crippen LogP contribution is 2.34. The predicted molar refractivity (Wildman–Crippen MR) is 86.0 cm³/mol. The molecule has 1 aliphatic heterocycles. The van der Waals surface area contributed by atoms with Crippen LogP contribution in [0, 0.1) is 18.6 Å². The molecule has 0 bridgehead atoms. The van der Waals surface area contributed by atoms with E-state index in [1.807, 2.05) is 24.5 Å². The van der Waals surface area contributed by atoms with Gasteiger partial charge in [-0.15, -0.1) is 10.2 Å². The number of hydrogen-bond donors (Lipinski definition) is 0. The molecule has 0 fully saturated rings. The molecule has 0 aliphatic carbocycles. The molecule has 122 valence electrons. The van der Waals surface area contributed by atoms with Gasteiger partial charge in [-0.05, 0) is 43.0 Å². The fourth-order valence-electron chi connectivity index (χ4n) is 3.40. The Hall–Kier alpha value is -2.63. The van der Waals surface area contributed by atoms with Crippen molar-refractivity contribution >= 4 is 0 Å². The van der Waals surface area contributed by atoms with Crippen LogP contribution >= 0.6 is 0 Å². The van der Waals surface area contributed by atoms with Crippen molar-refractivity contribution in [3.05, 3.63) is 58.9 Å². The fraction of sp³-hybridized carbons (Fsp3) is 0.278. The molecule has 1 aromatic carbocycles. The van der Waals surface area contributed by atoms with Crippen LogP contribution in [0.5, 0.6) is 0 Å². The Morgan fingerprint density at radius 1 is 1.04 bits per heavy atom. The standard InChI is InChI=1S/C18H16F2N4/c1-3-12-14(8-21-9-16(12)20)13-6-11-4-5-18-23-22-10(2)24(18)17(11)7-15(13)19/h6-9H,3-5H2,1-2H3. The lowest BCUT2D eigenvalue weighted by Gasteiger charge is -2.21. The van der Waals surface area contributed by atoms with E-state index in [9.17, 15) is 8.78 Å². The molecule has 3 heterocycles. The summed E-state index contributed by atoms with van der Waals surface area (Å²) in [5.41, 5.74) is 3.17. The summed E-state index contributed by atoms with van der Waals surface area (Å²) in [4.78, 5) is 3.90. The maximum absolute atomic E-state index is 14.8. The van der Waals surface area contributed by atoms with Gasteiger partial charge in [-0.3, -0.25) is 9.55 Å². The predicted octanol–water partition coefficient (Wildman–Crippen LogP) is 3.58. The van der Waals surface area contributed by atoms with Gasteiger partial charge in [0.25, 0.3) is 0 Å². The largest absolute Gasteiger partial charge is 0.283 e. The van der Waals surface area contributed by atoms with E-state index in [1.54, 1.807) is 0 Å². The molecule has 6 heteroatoms. The van der Waals surface area contributed by atoms with Crippen LogP contribution in [0.25, 0.3) is 16.8 Å². The number of fused-ring (bicyclic) bond motifs is 3. The summed E-state index contributed by atoms with van der Waals surface area (Å²) in [5, 5.41) is 8.21. The van der Waals surface area contributed by atoms with Gasteiger partial charge in [-0.2, -0.15) is 0 Å². The molecular formula is C18H16F2N4. The molecule has 0 spiro atoms. The van der Waals surface area contributed by atoms with Crippen LogP contribution in [-0.2, 0) is 19.3 Å². The monoisotopic (exact) mass is 326 g/mol. The van der Waals surface area contributed by atoms with Crippen LogP contribution in [-0.4, -0.2) is 19.7 Å². The van der Waals surface area contributed by atoms with E-state index in [2.05, 4.69) is 15.2 Å². The van der Waals surface area contributed by atoms with E-state index in [0.29, 0.717) is 23.1 Å². The van der Waals surface area contributed by atoms with E-state index < -0.39 is 11.6 Å². The Bertz CT molecular complexity index is 946. The normalized spacial score (nSPS) is 12.8. The topological polar surface area (TPSA) is 43.6 Å². The average Bonchev–Trinajstić information content (AvgIpc) is 2.96. The van der Waals surface area contributed by atoms with Crippen molar-refractivity contribution in [3.8, 4) is 16.8 Å². The number of pyridine rings is 1. The van der Waals surface area contributed by atoms with Crippen molar-refractivity contribution in [3.63, 3.8) is 0 Å². The highest BCUT2D eigenvalue weighted by molar-refractivity contribution is 5.70. The minimum absolute atomic E-state index is 0.392. The average molecular weight is 326 g/mol. The van der Waals surface area contributed by atoms with Gasteiger partial charge in [0.15, 0.2) is 0 Å². The number of rotatable bonds is 2. The first kappa shape index (κ1) is 14.9. The van der Waals surface area contributed by atoms with Gasteiger partial charge >= 0.3 is 0 Å². The number of aryl methyl sites for hydroxylation is 3. The lowest BCUT2D eigenvalue weighted by Crippen LogP contribution is -2.14. The summed E-state index contributed by atoms with van der Waals surface area (Å²) in [5.74, 6) is 0.787. The van der Waals surface area contributed by atoms with Crippen molar-refractivity contribution < 1.29 is 8.78 Å². The third-order valence-electron chi connectivity index (χ3n) is 4.57. The highest BCUT2D eigenvalue weighted by Gasteiger charge is 2.23. The SMILES string of the molecule is CCc1c(F)cncc1-c1cc2c(cc1F)-n1c(C)nnc1CC2. The van der Waals surface area contributed by atoms with Gasteiger partial charge in [0.1, 0.15) is 23.3 Å². The maximum Gasteiger partial charge on any atom is 0.145 e. The zero-order valence-corrected chi connectivity index (χ0v) is 13.5. The molecule has 0 N–H and O–H groups in total. The number of halogens is 2. The Morgan fingerprint density at radius 3 is 2.67 bits per heavy atom. The molecule has 0 radical (unpaired) electrons. The molecule has 0 saturated heterocycles. The van der Waals surface area contributed by atoms with E-state index in [1.165, 1.54) is 18.5 Å². The lowest BCUT2D eigenvalue weighted by molar-refractivity contribution is 0.604. The number of hydrogen-bond acceptors (Lipinski definition) is 3. The second-order valence-corrected chi connectivity index (χ2v) is 5.96. The number of benzene rings is 1. The summed E-state index contributed by atoms with van der Waals surface area (Å²) in [6, 6.07) is 3.30. The molecule has 0 saturated carbocycles. The van der Waals surface area contributed by atoms with Crippen LogP contribution in [0.3, 0.4) is 0 Å². The Kier molecular flexibility index (Phi) is 3.40. The van der Waals surface area contributed by atoms with E-state index in [0.717, 1.165) is 35.7 Å². The summed E-state index contributed by atoms with van der Waals surface area (Å²) >= 11 is 0. The van der Waals surface area contributed by atoms with Gasteiger partial charge in [-0.25, -0.2) is 8.78 Å². The lowest BCUT2D eigenvalue weighted by atomic mass is 9.94. The van der Waals surface area contributed by atoms with Crippen LogP contribution in [0.1, 0.15) is 29.7 Å².